The zero-order valence-corrected chi connectivity index (χ0v) is 37.6. The van der Waals surface area contributed by atoms with E-state index in [9.17, 15) is 8.42 Å². The number of H-pyrrole nitrogens is 2. The van der Waals surface area contributed by atoms with E-state index in [4.69, 9.17) is 29.9 Å². The zero-order chi connectivity index (χ0) is 43.0. The molecule has 2 aliphatic heterocycles. The van der Waals surface area contributed by atoms with Crippen LogP contribution in [0.5, 0.6) is 0 Å². The summed E-state index contributed by atoms with van der Waals surface area (Å²) in [5.74, 6) is 2.11. The van der Waals surface area contributed by atoms with Crippen molar-refractivity contribution in [3.63, 3.8) is 0 Å². The zero-order valence-electron chi connectivity index (χ0n) is 35.9. The van der Waals surface area contributed by atoms with Crippen LogP contribution in [0.1, 0.15) is 110 Å². The van der Waals surface area contributed by atoms with Crippen LogP contribution < -0.4 is 8.20 Å². The van der Waals surface area contributed by atoms with Crippen molar-refractivity contribution in [1.82, 2.24) is 43.6 Å². The number of hydrogen-bond acceptors (Lipinski definition) is 8. The predicted molar refractivity (Wildman–Crippen MR) is 252 cm³/mol. The fourth-order valence-corrected chi connectivity index (χ4v) is 11.0. The number of nitrogens with one attached hydrogen (secondary N) is 3. The van der Waals surface area contributed by atoms with E-state index in [1.807, 2.05) is 91.0 Å². The summed E-state index contributed by atoms with van der Waals surface area (Å²) in [7, 11) is -3.57. The topological polar surface area (TPSA) is 155 Å². The van der Waals surface area contributed by atoms with Crippen molar-refractivity contribution in [2.45, 2.75) is 110 Å². The van der Waals surface area contributed by atoms with E-state index >= 15 is 0 Å². The molecule has 11 nitrogen and oxygen atoms in total. The van der Waals surface area contributed by atoms with E-state index in [0.717, 1.165) is 63.1 Å². The molecule has 13 heteroatoms. The van der Waals surface area contributed by atoms with Gasteiger partial charge in [-0.1, -0.05) is 57.9 Å². The fourth-order valence-electron chi connectivity index (χ4n) is 8.63. The summed E-state index contributed by atoms with van der Waals surface area (Å²) in [6.45, 7) is 2.27. The molecule has 0 radical (unpaired) electrons. The Morgan fingerprint density at radius 3 is 1.30 bits per heavy atom. The molecule has 7 aromatic rings. The standard InChI is InChI=1S/C32H17N8.C18H38NO2S.Cu/c1-2-10-18-17(9-1)25-33-26(18)38-28-21-13-5-6-14-22(21)30(35-28)40-32-24-16-8-7-15-23(24)31(36-32)39-29-20-12-4-3-11-19(20)27(34-29)37-25;1-2-3-4-5-6-7-8-9-10-11-12-13-14-15-16-17-18-22(19,20)21;/h1-15H,(H2,33,34,35,36,37,38,39,40);2-18H2,1H3,(H-,19,20,21);/q;-1;+1. The Bertz CT molecular complexity index is 3010. The molecule has 0 fully saturated rings. The first kappa shape index (κ1) is 42.9. The van der Waals surface area contributed by atoms with E-state index in [0.29, 0.717) is 56.8 Å². The molecule has 2 aliphatic rings. The summed E-state index contributed by atoms with van der Waals surface area (Å²) in [6, 6.07) is 29.6. The second-order valence-electron chi connectivity index (χ2n) is 16.6. The number of fused-ring (bicyclic) bond motifs is 20. The maximum atomic E-state index is 13.4. The number of unbranched alkanes of at least 4 members (excludes halogenated alkanes) is 15. The van der Waals surface area contributed by atoms with Gasteiger partial charge in [0.25, 0.3) is 0 Å². The van der Waals surface area contributed by atoms with Gasteiger partial charge in [-0.15, -0.1) is 0 Å². The van der Waals surface area contributed by atoms with Crippen molar-refractivity contribution >= 4 is 58.6 Å². The number of aromatic nitrogens is 8. The molecule has 3 aromatic heterocycles. The van der Waals surface area contributed by atoms with Crippen LogP contribution in [0, 0.1) is 0 Å². The molecule has 8 bridgehead atoms. The van der Waals surface area contributed by atoms with Gasteiger partial charge in [-0.2, -0.15) is 0 Å². The Hall–Kier alpha value is -5.33. The average Bonchev–Trinajstić information content (AvgIpc) is 4.04. The number of aromatic amines is 2. The van der Waals surface area contributed by atoms with Crippen molar-refractivity contribution in [2.75, 3.05) is 5.75 Å². The Kier molecular flexibility index (Phi) is 13.6. The summed E-state index contributed by atoms with van der Waals surface area (Å²) < 4.78 is 30.3. The monoisotopic (exact) mass is 908 g/mol. The van der Waals surface area contributed by atoms with Gasteiger partial charge in [0.15, 0.2) is 0 Å². The minimum absolute atomic E-state index is 0.0764. The molecular formula is C50H55CuN9O2S. The van der Waals surface area contributed by atoms with Crippen molar-refractivity contribution in [1.29, 1.82) is 0 Å². The number of sulfonamides is 1. The van der Waals surface area contributed by atoms with Gasteiger partial charge in [0.1, 0.15) is 0 Å². The van der Waals surface area contributed by atoms with Crippen LogP contribution in [-0.2, 0) is 25.2 Å². The van der Waals surface area contributed by atoms with E-state index in [1.165, 1.54) is 92.2 Å². The molecule has 0 aliphatic carbocycles. The van der Waals surface area contributed by atoms with Crippen molar-refractivity contribution < 1.29 is 23.6 Å². The molecule has 5 heterocycles. The Morgan fingerprint density at radius 1 is 0.444 bits per heavy atom. The van der Waals surface area contributed by atoms with Crippen LogP contribution in [-0.4, -0.2) is 54.0 Å². The Balaban J connectivity index is 0.960. The van der Waals surface area contributed by atoms with Gasteiger partial charge in [0.2, 0.25) is 0 Å². The van der Waals surface area contributed by atoms with E-state index < -0.39 is 10.0 Å². The van der Waals surface area contributed by atoms with Gasteiger partial charge in [0.05, 0.1) is 0 Å². The molecule has 0 unspecified atom stereocenters. The van der Waals surface area contributed by atoms with E-state index in [2.05, 4.69) is 20.6 Å². The van der Waals surface area contributed by atoms with Gasteiger partial charge in [-0.05, 0) is 0 Å². The first-order valence-corrected chi connectivity index (χ1v) is 25.3. The molecule has 4 aromatic carbocycles. The second kappa shape index (κ2) is 20.0. The predicted octanol–water partition coefficient (Wildman–Crippen LogP) is 11.7. The molecule has 3 N–H and O–H groups in total. The molecule has 0 saturated heterocycles. The van der Waals surface area contributed by atoms with Crippen molar-refractivity contribution in [3.8, 4) is 45.6 Å². The van der Waals surface area contributed by atoms with Crippen LogP contribution in [0.2, 0.25) is 0 Å². The Morgan fingerprint density at radius 2 is 0.825 bits per heavy atom. The fraction of sp³-hybridized carbons (Fsp3) is 0.360. The van der Waals surface area contributed by atoms with Gasteiger partial charge >= 0.3 is 320 Å². The Labute approximate surface area is 375 Å². The van der Waals surface area contributed by atoms with Crippen LogP contribution in [0.4, 0.5) is 0 Å². The summed E-state index contributed by atoms with van der Waals surface area (Å²) in [5.41, 5.74) is 5.69. The number of nitrogens with zero attached hydrogens (tertiary/aromatic N) is 6. The molecule has 9 rings (SSSR count). The normalized spacial score (nSPS) is 12.3. The number of hydrogen-bond donors (Lipinski definition) is 3. The van der Waals surface area contributed by atoms with Crippen LogP contribution in [0.3, 0.4) is 0 Å². The van der Waals surface area contributed by atoms with Gasteiger partial charge in [-0.25, -0.2) is 0 Å². The molecule has 0 amide bonds. The van der Waals surface area contributed by atoms with E-state index in [1.54, 1.807) is 0 Å². The summed E-state index contributed by atoms with van der Waals surface area (Å²) in [6.07, 6.45) is 19.9. The van der Waals surface area contributed by atoms with Crippen molar-refractivity contribution in [2.24, 2.45) is 0 Å². The summed E-state index contributed by atoms with van der Waals surface area (Å²) in [5, 5.41) is 3.31. The quantitative estimate of drug-likeness (QED) is 0.0504. The van der Waals surface area contributed by atoms with Crippen LogP contribution in [0.15, 0.2) is 91.0 Å². The molecule has 0 spiro atoms. The minimum atomic E-state index is -3.57. The van der Waals surface area contributed by atoms with Crippen LogP contribution in [0.25, 0.3) is 89.7 Å². The van der Waals surface area contributed by atoms with Gasteiger partial charge in [-0.3, -0.25) is 0 Å². The third kappa shape index (κ3) is 9.92. The second-order valence-corrected chi connectivity index (χ2v) is 19.7. The molecule has 0 saturated carbocycles. The summed E-state index contributed by atoms with van der Waals surface area (Å²) in [4.78, 5) is 37.3. The molecule has 0 atom stereocenters. The molecule has 63 heavy (non-hydrogen) atoms. The first-order valence-electron chi connectivity index (χ1n) is 22.7. The van der Waals surface area contributed by atoms with Gasteiger partial charge in [0, 0.05) is 0 Å². The number of benzene rings is 4. The first-order chi connectivity index (χ1) is 31.0. The third-order valence-electron chi connectivity index (χ3n) is 12.0. The van der Waals surface area contributed by atoms with Crippen molar-refractivity contribution in [3.05, 3.63) is 91.0 Å². The van der Waals surface area contributed by atoms with E-state index in [-0.39, 0.29) is 5.75 Å². The summed E-state index contributed by atoms with van der Waals surface area (Å²) >= 11 is 1.21. The molecule has 329 valence electrons. The molecular weight excluding hydrogens is 854 g/mol. The average molecular weight is 910 g/mol. The number of rotatable bonds is 20. The van der Waals surface area contributed by atoms with Gasteiger partial charge < -0.3 is 0 Å². The maximum absolute atomic E-state index is 13.4. The SMILES string of the molecule is CCCCCCCCCCCCCCCCCCS(=O)(=O)[NH][Cu][c]1cccc2c3nc4nc(nc5[nH]c(nc6nc(nc([nH]3)c12)-c1ccccc1-6)c1ccccc51)-c1ccccc1-4. The third-order valence-corrected chi connectivity index (χ3v) is 14.9. The van der Waals surface area contributed by atoms with Crippen LogP contribution >= 0.6 is 0 Å².